The van der Waals surface area contributed by atoms with Crippen molar-refractivity contribution < 1.29 is 9.53 Å². The summed E-state index contributed by atoms with van der Waals surface area (Å²) >= 11 is 0. The number of ether oxygens (including phenoxy) is 1. The number of likely N-dealkylation sites (tertiary alicyclic amines) is 1. The monoisotopic (exact) mass is 325 g/mol. The fourth-order valence-corrected chi connectivity index (χ4v) is 2.85. The molecule has 1 aromatic heterocycles. The molecule has 24 heavy (non-hydrogen) atoms. The molecule has 5 nitrogen and oxygen atoms in total. The zero-order chi connectivity index (χ0) is 16.9. The van der Waals surface area contributed by atoms with Gasteiger partial charge in [0.1, 0.15) is 11.9 Å². The molecule has 2 aromatic rings. The maximum atomic E-state index is 12.2. The largest absolute Gasteiger partial charge is 0.489 e. The second-order valence-electron chi connectivity index (χ2n) is 6.32. The number of pyridine rings is 1. The lowest BCUT2D eigenvalue weighted by Gasteiger charge is -2.17. The van der Waals surface area contributed by atoms with Crippen molar-refractivity contribution >= 4 is 11.6 Å². The summed E-state index contributed by atoms with van der Waals surface area (Å²) < 4.78 is 6.04. The molecule has 0 bridgehead atoms. The quantitative estimate of drug-likeness (QED) is 0.918. The number of nitrogens with zero attached hydrogens (tertiary/aromatic N) is 2. The summed E-state index contributed by atoms with van der Waals surface area (Å²) in [6.45, 7) is 6.05. The van der Waals surface area contributed by atoms with Crippen molar-refractivity contribution in [1.82, 2.24) is 9.88 Å². The van der Waals surface area contributed by atoms with Crippen LogP contribution in [0.4, 0.5) is 5.69 Å². The van der Waals surface area contributed by atoms with Gasteiger partial charge in [-0.3, -0.25) is 14.7 Å². The molecule has 1 fully saturated rings. The number of rotatable bonds is 5. The topological polar surface area (TPSA) is 54.5 Å². The third-order valence-electron chi connectivity index (χ3n) is 4.19. The second-order valence-corrected chi connectivity index (χ2v) is 6.32. The van der Waals surface area contributed by atoms with Crippen LogP contribution in [-0.4, -0.2) is 41.5 Å². The number of carbonyl (C=O) groups excluding carboxylic acids is 1. The van der Waals surface area contributed by atoms with Crippen molar-refractivity contribution in [2.75, 3.05) is 25.0 Å². The van der Waals surface area contributed by atoms with Gasteiger partial charge in [0, 0.05) is 36.7 Å². The minimum atomic E-state index is 0.0135. The van der Waals surface area contributed by atoms with Crippen LogP contribution in [0.25, 0.3) is 0 Å². The highest BCUT2D eigenvalue weighted by atomic mass is 16.5. The lowest BCUT2D eigenvalue weighted by atomic mass is 10.2. The van der Waals surface area contributed by atoms with Crippen LogP contribution in [-0.2, 0) is 4.79 Å². The summed E-state index contributed by atoms with van der Waals surface area (Å²) in [5.74, 6) is 0.889. The van der Waals surface area contributed by atoms with E-state index in [1.807, 2.05) is 44.2 Å². The van der Waals surface area contributed by atoms with Gasteiger partial charge >= 0.3 is 0 Å². The van der Waals surface area contributed by atoms with Crippen LogP contribution >= 0.6 is 0 Å². The molecule has 0 spiro atoms. The Hall–Kier alpha value is -2.40. The Morgan fingerprint density at radius 3 is 2.83 bits per heavy atom. The molecule has 0 radical (unpaired) electrons. The Balaban J connectivity index is 1.48. The minimum absolute atomic E-state index is 0.0135. The van der Waals surface area contributed by atoms with E-state index < -0.39 is 0 Å². The Kier molecular flexibility index (Phi) is 5.11. The van der Waals surface area contributed by atoms with Gasteiger partial charge in [-0.2, -0.15) is 0 Å². The maximum absolute atomic E-state index is 12.2. The zero-order valence-electron chi connectivity index (χ0n) is 14.2. The lowest BCUT2D eigenvalue weighted by Crippen LogP contribution is -2.33. The van der Waals surface area contributed by atoms with E-state index in [9.17, 15) is 4.79 Å². The molecule has 3 rings (SSSR count). The van der Waals surface area contributed by atoms with Crippen LogP contribution in [0.5, 0.6) is 5.75 Å². The van der Waals surface area contributed by atoms with E-state index in [1.54, 1.807) is 12.4 Å². The smallest absolute Gasteiger partial charge is 0.238 e. The zero-order valence-corrected chi connectivity index (χ0v) is 14.2. The van der Waals surface area contributed by atoms with Gasteiger partial charge in [0.25, 0.3) is 0 Å². The third-order valence-corrected chi connectivity index (χ3v) is 4.19. The molecule has 1 saturated heterocycles. The molecule has 1 aliphatic rings. The van der Waals surface area contributed by atoms with Crippen LogP contribution in [0, 0.1) is 13.8 Å². The Morgan fingerprint density at radius 1 is 1.29 bits per heavy atom. The molecular weight excluding hydrogens is 302 g/mol. The predicted molar refractivity (Wildman–Crippen MR) is 94.3 cm³/mol. The Morgan fingerprint density at radius 2 is 2.08 bits per heavy atom. The number of nitrogens with one attached hydrogen (secondary N) is 1. The highest BCUT2D eigenvalue weighted by Gasteiger charge is 2.25. The molecule has 1 N–H and O–H groups in total. The number of carbonyl (C=O) groups is 1. The molecule has 1 aliphatic heterocycles. The fourth-order valence-electron chi connectivity index (χ4n) is 2.85. The van der Waals surface area contributed by atoms with Crippen molar-refractivity contribution in [2.45, 2.75) is 26.4 Å². The van der Waals surface area contributed by atoms with Gasteiger partial charge in [0.15, 0.2) is 0 Å². The van der Waals surface area contributed by atoms with E-state index in [0.717, 1.165) is 36.5 Å². The number of aryl methyl sites for hydroxylation is 2. The molecule has 1 amide bonds. The molecule has 1 unspecified atom stereocenters. The first-order valence-electron chi connectivity index (χ1n) is 8.26. The van der Waals surface area contributed by atoms with Gasteiger partial charge in [-0.05, 0) is 38.5 Å². The van der Waals surface area contributed by atoms with E-state index >= 15 is 0 Å². The average Bonchev–Trinajstić information content (AvgIpc) is 2.99. The predicted octanol–water partition coefficient (Wildman–Crippen LogP) is 2.79. The van der Waals surface area contributed by atoms with Gasteiger partial charge in [-0.25, -0.2) is 0 Å². The molecule has 126 valence electrons. The van der Waals surface area contributed by atoms with Crippen LogP contribution in [0.15, 0.2) is 42.7 Å². The summed E-state index contributed by atoms with van der Waals surface area (Å²) in [5, 5.41) is 2.94. The first-order valence-corrected chi connectivity index (χ1v) is 8.26. The highest BCUT2D eigenvalue weighted by molar-refractivity contribution is 5.92. The minimum Gasteiger partial charge on any atom is -0.489 e. The first kappa shape index (κ1) is 16.5. The maximum Gasteiger partial charge on any atom is 0.238 e. The fraction of sp³-hybridized carbons (Fsp3) is 0.368. The van der Waals surface area contributed by atoms with Crippen molar-refractivity contribution in [3.05, 3.63) is 53.9 Å². The van der Waals surface area contributed by atoms with Crippen LogP contribution < -0.4 is 10.1 Å². The van der Waals surface area contributed by atoms with Gasteiger partial charge < -0.3 is 10.1 Å². The molecule has 0 aliphatic carbocycles. The van der Waals surface area contributed by atoms with Crippen LogP contribution in [0.1, 0.15) is 17.5 Å². The Bertz CT molecular complexity index is 700. The van der Waals surface area contributed by atoms with Gasteiger partial charge in [0.05, 0.1) is 6.54 Å². The van der Waals surface area contributed by atoms with E-state index in [4.69, 9.17) is 4.74 Å². The van der Waals surface area contributed by atoms with Gasteiger partial charge in [-0.1, -0.05) is 17.7 Å². The number of benzene rings is 1. The SMILES string of the molecule is Cc1ccc(NC(=O)CN2CCC(Oc3ccncc3C)C2)cc1. The number of hydrogen-bond acceptors (Lipinski definition) is 4. The van der Waals surface area contributed by atoms with E-state index in [1.165, 1.54) is 5.56 Å². The third kappa shape index (κ3) is 4.32. The highest BCUT2D eigenvalue weighted by Crippen LogP contribution is 2.21. The van der Waals surface area contributed by atoms with E-state index in [2.05, 4.69) is 15.2 Å². The number of amides is 1. The lowest BCUT2D eigenvalue weighted by molar-refractivity contribution is -0.117. The van der Waals surface area contributed by atoms with Crippen molar-refractivity contribution in [3.63, 3.8) is 0 Å². The van der Waals surface area contributed by atoms with Crippen molar-refractivity contribution in [2.24, 2.45) is 0 Å². The first-order chi connectivity index (χ1) is 11.6. The molecule has 0 saturated carbocycles. The van der Waals surface area contributed by atoms with Crippen molar-refractivity contribution in [1.29, 1.82) is 0 Å². The normalized spacial score (nSPS) is 17.7. The number of hydrogen-bond donors (Lipinski definition) is 1. The van der Waals surface area contributed by atoms with E-state index in [0.29, 0.717) is 6.54 Å². The van der Waals surface area contributed by atoms with Gasteiger partial charge in [0.2, 0.25) is 5.91 Å². The molecule has 1 atom stereocenters. The summed E-state index contributed by atoms with van der Waals surface area (Å²) in [5.41, 5.74) is 3.05. The van der Waals surface area contributed by atoms with Crippen LogP contribution in [0.2, 0.25) is 0 Å². The number of aromatic nitrogens is 1. The standard InChI is InChI=1S/C19H23N3O2/c1-14-3-5-16(6-4-14)21-19(23)13-22-10-8-17(12-22)24-18-7-9-20-11-15(18)2/h3-7,9,11,17H,8,10,12-13H2,1-2H3,(H,21,23). The van der Waals surface area contributed by atoms with Crippen LogP contribution in [0.3, 0.4) is 0 Å². The van der Waals surface area contributed by atoms with Gasteiger partial charge in [-0.15, -0.1) is 0 Å². The van der Waals surface area contributed by atoms with E-state index in [-0.39, 0.29) is 12.0 Å². The summed E-state index contributed by atoms with van der Waals surface area (Å²) in [6, 6.07) is 9.73. The second kappa shape index (κ2) is 7.45. The summed E-state index contributed by atoms with van der Waals surface area (Å²) in [6.07, 6.45) is 4.60. The molecular formula is C19H23N3O2. The summed E-state index contributed by atoms with van der Waals surface area (Å²) in [7, 11) is 0. The van der Waals surface area contributed by atoms with Crippen molar-refractivity contribution in [3.8, 4) is 5.75 Å². The molecule has 5 heteroatoms. The molecule has 2 heterocycles. The average molecular weight is 325 g/mol. The molecule has 1 aromatic carbocycles. The number of anilines is 1. The summed E-state index contributed by atoms with van der Waals surface area (Å²) in [4.78, 5) is 18.4. The Labute approximate surface area is 142 Å².